The Balaban J connectivity index is 1.95. The van der Waals surface area contributed by atoms with Crippen LogP contribution >= 0.6 is 0 Å². The third-order valence-electron chi connectivity index (χ3n) is 3.77. The summed E-state index contributed by atoms with van der Waals surface area (Å²) in [6.07, 6.45) is 5.97. The van der Waals surface area contributed by atoms with Crippen LogP contribution in [0.1, 0.15) is 5.56 Å². The van der Waals surface area contributed by atoms with Crippen LogP contribution in [0, 0.1) is 0 Å². The number of primary amides is 1. The molecule has 2 aliphatic rings. The molecule has 6 heteroatoms. The van der Waals surface area contributed by atoms with Crippen LogP contribution in [-0.4, -0.2) is 10.6 Å². The van der Waals surface area contributed by atoms with Gasteiger partial charge in [-0.05, 0) is 18.2 Å². The number of azo groups is 1. The van der Waals surface area contributed by atoms with Crippen molar-refractivity contribution in [2.45, 2.75) is 0 Å². The highest BCUT2D eigenvalue weighted by Gasteiger charge is 2.23. The van der Waals surface area contributed by atoms with E-state index in [9.17, 15) is 4.79 Å². The predicted molar refractivity (Wildman–Crippen MR) is 84.0 cm³/mol. The van der Waals surface area contributed by atoms with Gasteiger partial charge in [-0.3, -0.25) is 0 Å². The summed E-state index contributed by atoms with van der Waals surface area (Å²) in [6.45, 7) is 0. The first-order chi connectivity index (χ1) is 10.6. The number of hydrogen-bond donors (Lipinski definition) is 2. The van der Waals surface area contributed by atoms with Gasteiger partial charge in [-0.25, -0.2) is 4.79 Å². The normalized spacial score (nSPS) is 14.9. The summed E-state index contributed by atoms with van der Waals surface area (Å²) in [6, 6.07) is 7.07. The highest BCUT2D eigenvalue weighted by molar-refractivity contribution is 5.97. The van der Waals surface area contributed by atoms with Crippen LogP contribution < -0.4 is 21.5 Å². The summed E-state index contributed by atoms with van der Waals surface area (Å²) in [5, 5.41) is 13.1. The minimum atomic E-state index is -0.581. The van der Waals surface area contributed by atoms with Gasteiger partial charge in [0, 0.05) is 41.0 Å². The van der Waals surface area contributed by atoms with E-state index in [1.807, 2.05) is 54.3 Å². The molecule has 0 bridgehead atoms. The number of nitrogens with zero attached hydrogens (tertiary/aromatic N) is 3. The number of hydrogen-bond acceptors (Lipinski definition) is 3. The quantitative estimate of drug-likeness (QED) is 0.858. The number of aromatic nitrogens is 1. The van der Waals surface area contributed by atoms with Gasteiger partial charge in [-0.1, -0.05) is 12.1 Å². The second-order valence-electron chi connectivity index (χ2n) is 5.28. The summed E-state index contributed by atoms with van der Waals surface area (Å²) in [4.78, 5) is 11.1. The number of carbonyl (C=O) groups is 1. The first-order valence-corrected chi connectivity index (χ1v) is 6.84. The van der Waals surface area contributed by atoms with Gasteiger partial charge in [0.15, 0.2) is 0 Å². The van der Waals surface area contributed by atoms with Gasteiger partial charge in [-0.15, -0.1) is 10.2 Å². The van der Waals surface area contributed by atoms with Crippen LogP contribution in [0.5, 0.6) is 0 Å². The number of carbonyl (C=O) groups excluding carboxylic acids is 1. The smallest absolute Gasteiger partial charge is 0.316 e. The van der Waals surface area contributed by atoms with E-state index >= 15 is 0 Å². The SMILES string of the molecule is Cn1ccc(C2=C3C=c4c(NC(N)=O)cccc4=C3N=N2)c1. The number of nitrogens with one attached hydrogen (secondary N) is 1. The molecule has 2 heterocycles. The molecule has 0 saturated carbocycles. The largest absolute Gasteiger partial charge is 0.357 e. The van der Waals surface area contributed by atoms with E-state index in [0.29, 0.717) is 5.69 Å². The zero-order valence-electron chi connectivity index (χ0n) is 11.9. The van der Waals surface area contributed by atoms with Gasteiger partial charge in [0.1, 0.15) is 11.4 Å². The van der Waals surface area contributed by atoms with Crippen LogP contribution in [0.15, 0.2) is 52.5 Å². The highest BCUT2D eigenvalue weighted by Crippen LogP contribution is 2.35. The van der Waals surface area contributed by atoms with Crippen molar-refractivity contribution in [3.8, 4) is 0 Å². The number of nitrogens with two attached hydrogens (primary N) is 1. The molecule has 2 aromatic rings. The molecule has 0 unspecified atom stereocenters. The molecule has 22 heavy (non-hydrogen) atoms. The number of rotatable bonds is 2. The summed E-state index contributed by atoms with van der Waals surface area (Å²) in [5.41, 5.74) is 9.58. The van der Waals surface area contributed by atoms with Crippen molar-refractivity contribution in [2.75, 3.05) is 5.32 Å². The Labute approximate surface area is 126 Å². The second kappa shape index (κ2) is 4.42. The Bertz CT molecular complexity index is 994. The van der Waals surface area contributed by atoms with Crippen LogP contribution in [0.3, 0.4) is 0 Å². The molecule has 4 rings (SSSR count). The zero-order chi connectivity index (χ0) is 15.3. The average molecular weight is 291 g/mol. The van der Waals surface area contributed by atoms with E-state index in [0.717, 1.165) is 33.0 Å². The van der Waals surface area contributed by atoms with E-state index in [1.165, 1.54) is 0 Å². The molecule has 2 amide bonds. The lowest BCUT2D eigenvalue weighted by molar-refractivity contribution is 0.259. The Morgan fingerprint density at radius 3 is 2.77 bits per heavy atom. The maximum absolute atomic E-state index is 11.1. The molecular formula is C16H13N5O. The molecule has 108 valence electrons. The van der Waals surface area contributed by atoms with Gasteiger partial charge in [0.25, 0.3) is 0 Å². The van der Waals surface area contributed by atoms with Crippen molar-refractivity contribution >= 4 is 29.2 Å². The number of benzene rings is 1. The topological polar surface area (TPSA) is 84.8 Å². The second-order valence-corrected chi connectivity index (χ2v) is 5.28. The molecule has 0 spiro atoms. The molecule has 6 nitrogen and oxygen atoms in total. The summed E-state index contributed by atoms with van der Waals surface area (Å²) >= 11 is 0. The van der Waals surface area contributed by atoms with Crippen molar-refractivity contribution in [3.05, 3.63) is 58.2 Å². The third-order valence-corrected chi connectivity index (χ3v) is 3.77. The van der Waals surface area contributed by atoms with Crippen LogP contribution in [0.4, 0.5) is 10.5 Å². The molecule has 1 aromatic carbocycles. The number of urea groups is 1. The molecule has 3 N–H and O–H groups in total. The van der Waals surface area contributed by atoms with Crippen molar-refractivity contribution in [1.82, 2.24) is 4.57 Å². The average Bonchev–Trinajstić information content (AvgIpc) is 3.13. The standard InChI is InChI=1S/C16H13N5O/c1-21-6-5-9(8-21)14-12-7-11-10(15(12)20-19-14)3-2-4-13(11)18-16(17)22/h2-8H,1H3,(H3,17,18,22). The number of fused-ring (bicyclic) bond motifs is 2. The van der Waals surface area contributed by atoms with Crippen molar-refractivity contribution in [2.24, 2.45) is 23.0 Å². The molecule has 1 aliphatic carbocycles. The number of aryl methyl sites for hydroxylation is 1. The van der Waals surface area contributed by atoms with E-state index in [4.69, 9.17) is 5.73 Å². The first kappa shape index (κ1) is 12.6. The van der Waals surface area contributed by atoms with Gasteiger partial charge in [0.2, 0.25) is 0 Å². The number of anilines is 1. The molecule has 1 aliphatic heterocycles. The Hall–Kier alpha value is -3.15. The van der Waals surface area contributed by atoms with Crippen molar-refractivity contribution in [1.29, 1.82) is 0 Å². The lowest BCUT2D eigenvalue weighted by atomic mass is 10.1. The van der Waals surface area contributed by atoms with Crippen LogP contribution in [-0.2, 0) is 7.05 Å². The Morgan fingerprint density at radius 2 is 2.05 bits per heavy atom. The van der Waals surface area contributed by atoms with Gasteiger partial charge in [-0.2, -0.15) is 0 Å². The minimum absolute atomic E-state index is 0.581. The fraction of sp³-hybridized carbons (Fsp3) is 0.0625. The maximum Gasteiger partial charge on any atom is 0.316 e. The lowest BCUT2D eigenvalue weighted by Gasteiger charge is -2.01. The molecule has 0 fully saturated rings. The molecule has 0 radical (unpaired) electrons. The number of amides is 2. The first-order valence-electron chi connectivity index (χ1n) is 6.84. The minimum Gasteiger partial charge on any atom is -0.357 e. The molecule has 1 aromatic heterocycles. The summed E-state index contributed by atoms with van der Waals surface area (Å²) in [5.74, 6) is 0. The monoisotopic (exact) mass is 291 g/mol. The molecular weight excluding hydrogens is 278 g/mol. The summed E-state index contributed by atoms with van der Waals surface area (Å²) in [7, 11) is 1.97. The van der Waals surface area contributed by atoms with Gasteiger partial charge < -0.3 is 15.6 Å². The molecule has 0 atom stereocenters. The van der Waals surface area contributed by atoms with E-state index in [-0.39, 0.29) is 0 Å². The highest BCUT2D eigenvalue weighted by atomic mass is 16.2. The van der Waals surface area contributed by atoms with E-state index < -0.39 is 6.03 Å². The predicted octanol–water partition coefficient (Wildman–Crippen LogP) is 1.30. The van der Waals surface area contributed by atoms with E-state index in [2.05, 4.69) is 15.5 Å². The fourth-order valence-electron chi connectivity index (χ4n) is 2.83. The Morgan fingerprint density at radius 1 is 1.23 bits per heavy atom. The Kier molecular flexibility index (Phi) is 2.53. The fourth-order valence-corrected chi connectivity index (χ4v) is 2.83. The zero-order valence-corrected chi connectivity index (χ0v) is 11.9. The lowest BCUT2D eigenvalue weighted by Crippen LogP contribution is -2.30. The third kappa shape index (κ3) is 1.77. The van der Waals surface area contributed by atoms with Crippen LogP contribution in [0.25, 0.3) is 17.5 Å². The van der Waals surface area contributed by atoms with Gasteiger partial charge in [0.05, 0.1) is 5.69 Å². The van der Waals surface area contributed by atoms with Crippen molar-refractivity contribution < 1.29 is 4.79 Å². The van der Waals surface area contributed by atoms with Crippen LogP contribution in [0.2, 0.25) is 0 Å². The van der Waals surface area contributed by atoms with Crippen molar-refractivity contribution in [3.63, 3.8) is 0 Å². The maximum atomic E-state index is 11.1. The van der Waals surface area contributed by atoms with E-state index in [1.54, 1.807) is 0 Å². The van der Waals surface area contributed by atoms with Gasteiger partial charge >= 0.3 is 6.03 Å². The summed E-state index contributed by atoms with van der Waals surface area (Å²) < 4.78 is 1.97. The molecule has 0 saturated heterocycles.